The second-order valence-electron chi connectivity index (χ2n) is 7.85. The first-order chi connectivity index (χ1) is 17.0. The molecule has 0 saturated heterocycles. The molecule has 3 aromatic carbocycles. The lowest BCUT2D eigenvalue weighted by Crippen LogP contribution is -2.48. The average molecular weight is 490 g/mol. The SMILES string of the molecule is COc1ccc(N2C(=S)NC(c3ccccc3)C(C(=O)Nc3ccc(OC)cc3OC)=C2C)cc1. The standard InChI is InChI=1S/C27H27N3O4S/c1-17-24(26(31)28-22-15-14-21(33-3)16-23(22)34-4)25(18-8-6-5-7-9-18)29-27(35)30(17)19-10-12-20(32-2)13-11-19/h5-16,25H,1-4H3,(H,28,31)(H,29,35). The van der Waals surface area contributed by atoms with Gasteiger partial charge in [0, 0.05) is 17.5 Å². The number of anilines is 2. The highest BCUT2D eigenvalue weighted by Gasteiger charge is 2.34. The van der Waals surface area contributed by atoms with Crippen LogP contribution in [0.4, 0.5) is 11.4 Å². The Labute approximate surface area is 210 Å². The average Bonchev–Trinajstić information content (AvgIpc) is 2.89. The van der Waals surface area contributed by atoms with Crippen LogP contribution in [0.2, 0.25) is 0 Å². The molecule has 1 heterocycles. The van der Waals surface area contributed by atoms with Gasteiger partial charge in [0.05, 0.1) is 38.6 Å². The summed E-state index contributed by atoms with van der Waals surface area (Å²) in [7, 11) is 4.75. The predicted octanol–water partition coefficient (Wildman–Crippen LogP) is 5.06. The first kappa shape index (κ1) is 24.1. The first-order valence-electron chi connectivity index (χ1n) is 11.0. The van der Waals surface area contributed by atoms with Crippen molar-refractivity contribution in [2.75, 3.05) is 31.5 Å². The normalized spacial score (nSPS) is 15.4. The highest BCUT2D eigenvalue weighted by molar-refractivity contribution is 7.80. The number of hydrogen-bond donors (Lipinski definition) is 2. The van der Waals surface area contributed by atoms with Gasteiger partial charge in [-0.1, -0.05) is 30.3 Å². The van der Waals surface area contributed by atoms with Crippen molar-refractivity contribution in [3.63, 3.8) is 0 Å². The molecule has 0 aliphatic carbocycles. The van der Waals surface area contributed by atoms with Gasteiger partial charge in [-0.05, 0) is 61.1 Å². The number of allylic oxidation sites excluding steroid dienone is 1. The van der Waals surface area contributed by atoms with Gasteiger partial charge in [-0.2, -0.15) is 0 Å². The lowest BCUT2D eigenvalue weighted by Gasteiger charge is -2.38. The number of amides is 1. The smallest absolute Gasteiger partial charge is 0.255 e. The Morgan fingerprint density at radius 1 is 0.914 bits per heavy atom. The van der Waals surface area contributed by atoms with Crippen LogP contribution in [0.5, 0.6) is 17.2 Å². The van der Waals surface area contributed by atoms with E-state index in [9.17, 15) is 4.79 Å². The molecule has 3 aromatic rings. The van der Waals surface area contributed by atoms with Crippen LogP contribution in [-0.4, -0.2) is 32.3 Å². The third kappa shape index (κ3) is 4.93. The third-order valence-corrected chi connectivity index (χ3v) is 6.15. The highest BCUT2D eigenvalue weighted by atomic mass is 32.1. The van der Waals surface area contributed by atoms with E-state index in [-0.39, 0.29) is 5.91 Å². The topological polar surface area (TPSA) is 72.1 Å². The molecule has 1 aliphatic heterocycles. The summed E-state index contributed by atoms with van der Waals surface area (Å²) in [4.78, 5) is 15.6. The largest absolute Gasteiger partial charge is 0.497 e. The van der Waals surface area contributed by atoms with Crippen LogP contribution in [0, 0.1) is 0 Å². The van der Waals surface area contributed by atoms with Crippen molar-refractivity contribution < 1.29 is 19.0 Å². The van der Waals surface area contributed by atoms with Gasteiger partial charge in [-0.3, -0.25) is 9.69 Å². The van der Waals surface area contributed by atoms with Crippen molar-refractivity contribution in [3.05, 3.63) is 89.6 Å². The molecule has 0 fully saturated rings. The van der Waals surface area contributed by atoms with E-state index in [1.807, 2.05) is 66.4 Å². The van der Waals surface area contributed by atoms with E-state index in [2.05, 4.69) is 10.6 Å². The summed E-state index contributed by atoms with van der Waals surface area (Å²) in [5.41, 5.74) is 3.54. The molecule has 7 nitrogen and oxygen atoms in total. The summed E-state index contributed by atoms with van der Waals surface area (Å²) >= 11 is 5.74. The van der Waals surface area contributed by atoms with Gasteiger partial charge in [0.15, 0.2) is 5.11 Å². The zero-order valence-corrected chi connectivity index (χ0v) is 20.8. The molecule has 1 atom stereocenters. The minimum Gasteiger partial charge on any atom is -0.497 e. The highest BCUT2D eigenvalue weighted by Crippen LogP contribution is 2.36. The molecule has 1 aliphatic rings. The summed E-state index contributed by atoms with van der Waals surface area (Å²) in [5, 5.41) is 6.87. The van der Waals surface area contributed by atoms with Crippen LogP contribution in [0.1, 0.15) is 18.5 Å². The van der Waals surface area contributed by atoms with Crippen molar-refractivity contribution in [1.29, 1.82) is 0 Å². The van der Waals surface area contributed by atoms with E-state index >= 15 is 0 Å². The third-order valence-electron chi connectivity index (χ3n) is 5.85. The summed E-state index contributed by atoms with van der Waals surface area (Å²) < 4.78 is 16.0. The summed E-state index contributed by atoms with van der Waals surface area (Å²) in [5.74, 6) is 1.60. The van der Waals surface area contributed by atoms with Gasteiger partial charge in [-0.15, -0.1) is 0 Å². The molecule has 180 valence electrons. The first-order valence-corrected chi connectivity index (χ1v) is 11.4. The number of rotatable bonds is 7. The van der Waals surface area contributed by atoms with Crippen molar-refractivity contribution in [2.45, 2.75) is 13.0 Å². The lowest BCUT2D eigenvalue weighted by molar-refractivity contribution is -0.113. The van der Waals surface area contributed by atoms with Crippen LogP contribution in [0.25, 0.3) is 0 Å². The van der Waals surface area contributed by atoms with Gasteiger partial charge in [0.1, 0.15) is 17.2 Å². The van der Waals surface area contributed by atoms with E-state index in [0.717, 1.165) is 22.7 Å². The van der Waals surface area contributed by atoms with Crippen molar-refractivity contribution >= 4 is 34.6 Å². The van der Waals surface area contributed by atoms with Crippen LogP contribution >= 0.6 is 12.2 Å². The Bertz CT molecular complexity index is 1260. The quantitative estimate of drug-likeness (QED) is 0.450. The maximum Gasteiger partial charge on any atom is 0.255 e. The number of carbonyl (C=O) groups excluding carboxylic acids is 1. The Kier molecular flexibility index (Phi) is 7.22. The molecule has 0 aromatic heterocycles. The Hall–Kier alpha value is -4.04. The Morgan fingerprint density at radius 3 is 2.20 bits per heavy atom. The number of carbonyl (C=O) groups is 1. The number of nitrogens with zero attached hydrogens (tertiary/aromatic N) is 1. The van der Waals surface area contributed by atoms with Crippen LogP contribution in [-0.2, 0) is 4.79 Å². The maximum absolute atomic E-state index is 13.8. The van der Waals surface area contributed by atoms with Gasteiger partial charge >= 0.3 is 0 Å². The summed E-state index contributed by atoms with van der Waals surface area (Å²) in [6.45, 7) is 1.90. The van der Waals surface area contributed by atoms with Crippen LogP contribution in [0.3, 0.4) is 0 Å². The van der Waals surface area contributed by atoms with Gasteiger partial charge in [-0.25, -0.2) is 0 Å². The molecular weight excluding hydrogens is 462 g/mol. The molecule has 4 rings (SSSR count). The van der Waals surface area contributed by atoms with Gasteiger partial charge in [0.2, 0.25) is 0 Å². The maximum atomic E-state index is 13.8. The molecule has 0 bridgehead atoms. The molecule has 1 amide bonds. The number of methoxy groups -OCH3 is 3. The van der Waals surface area contributed by atoms with E-state index in [0.29, 0.717) is 27.9 Å². The monoisotopic (exact) mass is 489 g/mol. The number of hydrogen-bond acceptors (Lipinski definition) is 5. The molecule has 1 unspecified atom stereocenters. The number of thiocarbonyl (C=S) groups is 1. The molecule has 35 heavy (non-hydrogen) atoms. The van der Waals surface area contributed by atoms with Crippen molar-refractivity contribution in [3.8, 4) is 17.2 Å². The summed E-state index contributed by atoms with van der Waals surface area (Å²) in [6.07, 6.45) is 0. The fourth-order valence-corrected chi connectivity index (χ4v) is 4.43. The summed E-state index contributed by atoms with van der Waals surface area (Å²) in [6, 6.07) is 22.1. The predicted molar refractivity (Wildman–Crippen MR) is 141 cm³/mol. The Balaban J connectivity index is 1.78. The fraction of sp³-hybridized carbons (Fsp3) is 0.185. The van der Waals surface area contributed by atoms with Gasteiger partial charge < -0.3 is 24.8 Å². The van der Waals surface area contributed by atoms with E-state index in [1.165, 1.54) is 0 Å². The molecule has 0 radical (unpaired) electrons. The Morgan fingerprint density at radius 2 is 1.57 bits per heavy atom. The van der Waals surface area contributed by atoms with Crippen molar-refractivity contribution in [1.82, 2.24) is 5.32 Å². The van der Waals surface area contributed by atoms with Crippen LogP contribution in [0.15, 0.2) is 84.1 Å². The van der Waals surface area contributed by atoms with Crippen molar-refractivity contribution in [2.24, 2.45) is 0 Å². The second kappa shape index (κ2) is 10.5. The van der Waals surface area contributed by atoms with E-state index in [4.69, 9.17) is 26.4 Å². The molecule has 0 saturated carbocycles. The minimum atomic E-state index is -0.428. The van der Waals surface area contributed by atoms with Gasteiger partial charge in [0.25, 0.3) is 5.91 Å². The second-order valence-corrected chi connectivity index (χ2v) is 8.23. The lowest BCUT2D eigenvalue weighted by atomic mass is 9.94. The van der Waals surface area contributed by atoms with E-state index < -0.39 is 6.04 Å². The van der Waals surface area contributed by atoms with E-state index in [1.54, 1.807) is 39.5 Å². The molecular formula is C27H27N3O4S. The minimum absolute atomic E-state index is 0.270. The zero-order valence-electron chi connectivity index (χ0n) is 20.0. The molecule has 0 spiro atoms. The molecule has 2 N–H and O–H groups in total. The number of ether oxygens (including phenoxy) is 3. The number of benzene rings is 3. The fourth-order valence-electron chi connectivity index (χ4n) is 4.07. The van der Waals surface area contributed by atoms with Crippen LogP contribution < -0.4 is 29.7 Å². The molecule has 8 heteroatoms. The number of nitrogens with one attached hydrogen (secondary N) is 2. The zero-order chi connectivity index (χ0) is 24.9.